The summed E-state index contributed by atoms with van der Waals surface area (Å²) in [5.74, 6) is 0.387. The van der Waals surface area contributed by atoms with Crippen LogP contribution in [0.1, 0.15) is 28.7 Å². The Morgan fingerprint density at radius 2 is 2.25 bits per heavy atom. The van der Waals surface area contributed by atoms with Gasteiger partial charge in [0.1, 0.15) is 0 Å². The van der Waals surface area contributed by atoms with E-state index in [1.54, 1.807) is 24.8 Å². The highest BCUT2D eigenvalue weighted by molar-refractivity contribution is 6.06. The third-order valence-electron chi connectivity index (χ3n) is 2.40. The molecule has 0 fully saturated rings. The van der Waals surface area contributed by atoms with Gasteiger partial charge in [-0.3, -0.25) is 9.78 Å². The molecule has 0 saturated carbocycles. The molecule has 0 bridgehead atoms. The molecular formula is C12H13N3O. The molecule has 2 aromatic heterocycles. The summed E-state index contributed by atoms with van der Waals surface area (Å²) in [5, 5.41) is 0. The van der Waals surface area contributed by atoms with E-state index in [9.17, 15) is 4.79 Å². The Morgan fingerprint density at radius 1 is 1.44 bits per heavy atom. The minimum absolute atomic E-state index is 0.0805. The molecule has 0 aromatic carbocycles. The summed E-state index contributed by atoms with van der Waals surface area (Å²) in [6, 6.07) is 1.82. The van der Waals surface area contributed by atoms with E-state index in [1.165, 1.54) is 0 Å². The Balaban J connectivity index is 2.39. The van der Waals surface area contributed by atoms with Gasteiger partial charge in [-0.2, -0.15) is 0 Å². The second kappa shape index (κ2) is 4.26. The molecule has 4 heteroatoms. The second-order valence-corrected chi connectivity index (χ2v) is 3.62. The normalized spacial score (nSPS) is 10.4. The van der Waals surface area contributed by atoms with E-state index in [2.05, 4.69) is 9.97 Å². The fraction of sp³-hybridized carbons (Fsp3) is 0.250. The van der Waals surface area contributed by atoms with Crippen LogP contribution in [0.5, 0.6) is 0 Å². The van der Waals surface area contributed by atoms with Crippen molar-refractivity contribution in [1.29, 1.82) is 0 Å². The molecular weight excluding hydrogens is 202 g/mol. The topological polar surface area (TPSA) is 47.8 Å². The second-order valence-electron chi connectivity index (χ2n) is 3.62. The Morgan fingerprint density at radius 3 is 2.94 bits per heavy atom. The van der Waals surface area contributed by atoms with Gasteiger partial charge in [0, 0.05) is 36.9 Å². The monoisotopic (exact) mass is 215 g/mol. The highest BCUT2D eigenvalue weighted by atomic mass is 16.1. The number of ketones is 1. The van der Waals surface area contributed by atoms with Gasteiger partial charge in [0.2, 0.25) is 5.78 Å². The van der Waals surface area contributed by atoms with Crippen molar-refractivity contribution in [2.75, 3.05) is 0 Å². The number of rotatable bonds is 3. The lowest BCUT2D eigenvalue weighted by Crippen LogP contribution is -2.10. The molecule has 0 aliphatic heterocycles. The van der Waals surface area contributed by atoms with E-state index in [-0.39, 0.29) is 5.78 Å². The molecule has 0 amide bonds. The SMILES string of the molecule is CCn1ccnc1C(=O)c1cncc(C)c1. The number of hydrogen-bond acceptors (Lipinski definition) is 3. The lowest BCUT2D eigenvalue weighted by Gasteiger charge is -2.03. The molecule has 0 aliphatic rings. The maximum absolute atomic E-state index is 12.1. The number of pyridine rings is 1. The van der Waals surface area contributed by atoms with Gasteiger partial charge in [0.15, 0.2) is 5.82 Å². The Bertz CT molecular complexity index is 516. The van der Waals surface area contributed by atoms with Crippen LogP contribution in [0, 0.1) is 6.92 Å². The number of carbonyl (C=O) groups is 1. The lowest BCUT2D eigenvalue weighted by atomic mass is 10.1. The van der Waals surface area contributed by atoms with Gasteiger partial charge in [-0.05, 0) is 25.5 Å². The predicted molar refractivity (Wildman–Crippen MR) is 60.3 cm³/mol. The first-order valence-corrected chi connectivity index (χ1v) is 5.20. The molecule has 0 radical (unpaired) electrons. The van der Waals surface area contributed by atoms with Gasteiger partial charge < -0.3 is 4.57 Å². The molecule has 2 heterocycles. The summed E-state index contributed by atoms with van der Waals surface area (Å²) in [4.78, 5) is 20.2. The van der Waals surface area contributed by atoms with Crippen molar-refractivity contribution in [3.05, 3.63) is 47.8 Å². The number of carbonyl (C=O) groups excluding carboxylic acids is 1. The molecule has 16 heavy (non-hydrogen) atoms. The Kier molecular flexibility index (Phi) is 2.81. The first kappa shape index (κ1) is 10.5. The fourth-order valence-electron chi connectivity index (χ4n) is 1.58. The highest BCUT2D eigenvalue weighted by Gasteiger charge is 2.14. The van der Waals surface area contributed by atoms with Gasteiger partial charge in [-0.15, -0.1) is 0 Å². The molecule has 2 aromatic rings. The van der Waals surface area contributed by atoms with Crippen LogP contribution in [0.3, 0.4) is 0 Å². The maximum Gasteiger partial charge on any atom is 0.230 e. The summed E-state index contributed by atoms with van der Waals surface area (Å²) < 4.78 is 1.82. The molecule has 0 aliphatic carbocycles. The average Bonchev–Trinajstić information content (AvgIpc) is 2.76. The lowest BCUT2D eigenvalue weighted by molar-refractivity contribution is 0.102. The largest absolute Gasteiger partial charge is 0.328 e. The number of aromatic nitrogens is 3. The number of nitrogens with zero attached hydrogens (tertiary/aromatic N) is 3. The third-order valence-corrected chi connectivity index (χ3v) is 2.40. The van der Waals surface area contributed by atoms with Crippen LogP contribution in [-0.4, -0.2) is 20.3 Å². The molecule has 0 spiro atoms. The van der Waals surface area contributed by atoms with Crippen LogP contribution in [0.2, 0.25) is 0 Å². The number of hydrogen-bond donors (Lipinski definition) is 0. The fourth-order valence-corrected chi connectivity index (χ4v) is 1.58. The summed E-state index contributed by atoms with van der Waals surface area (Å²) in [6.45, 7) is 4.63. The smallest absolute Gasteiger partial charge is 0.230 e. The van der Waals surface area contributed by atoms with E-state index in [4.69, 9.17) is 0 Å². The summed E-state index contributed by atoms with van der Waals surface area (Å²) >= 11 is 0. The summed E-state index contributed by atoms with van der Waals surface area (Å²) in [5.41, 5.74) is 1.56. The van der Waals surface area contributed by atoms with Crippen molar-refractivity contribution < 1.29 is 4.79 Å². The highest BCUT2D eigenvalue weighted by Crippen LogP contribution is 2.08. The molecule has 0 unspecified atom stereocenters. The van der Waals surface area contributed by atoms with E-state index in [1.807, 2.05) is 24.5 Å². The molecule has 0 saturated heterocycles. The predicted octanol–water partition coefficient (Wildman–Crippen LogP) is 1.84. The van der Waals surface area contributed by atoms with Gasteiger partial charge in [-0.1, -0.05) is 0 Å². The minimum Gasteiger partial charge on any atom is -0.328 e. The van der Waals surface area contributed by atoms with E-state index in [0.717, 1.165) is 12.1 Å². The van der Waals surface area contributed by atoms with E-state index in [0.29, 0.717) is 11.4 Å². The molecule has 0 N–H and O–H groups in total. The van der Waals surface area contributed by atoms with Crippen LogP contribution in [0.4, 0.5) is 0 Å². The first-order chi connectivity index (χ1) is 7.72. The van der Waals surface area contributed by atoms with Crippen molar-refractivity contribution in [2.24, 2.45) is 0 Å². The van der Waals surface area contributed by atoms with Crippen LogP contribution in [0.15, 0.2) is 30.9 Å². The Labute approximate surface area is 94.0 Å². The molecule has 2 rings (SSSR count). The zero-order valence-corrected chi connectivity index (χ0v) is 9.34. The van der Waals surface area contributed by atoms with Gasteiger partial charge in [-0.25, -0.2) is 4.98 Å². The van der Waals surface area contributed by atoms with Crippen LogP contribution in [0.25, 0.3) is 0 Å². The van der Waals surface area contributed by atoms with Crippen molar-refractivity contribution >= 4 is 5.78 Å². The standard InChI is InChI=1S/C12H13N3O/c1-3-15-5-4-14-12(15)11(16)10-6-9(2)7-13-8-10/h4-8H,3H2,1-2H3. The third kappa shape index (κ3) is 1.86. The van der Waals surface area contributed by atoms with E-state index < -0.39 is 0 Å². The minimum atomic E-state index is -0.0805. The Hall–Kier alpha value is -1.97. The van der Waals surface area contributed by atoms with Gasteiger partial charge in [0.05, 0.1) is 0 Å². The van der Waals surface area contributed by atoms with Crippen LogP contribution >= 0.6 is 0 Å². The number of aryl methyl sites for hydroxylation is 2. The maximum atomic E-state index is 12.1. The summed E-state index contributed by atoms with van der Waals surface area (Å²) in [7, 11) is 0. The van der Waals surface area contributed by atoms with Crippen molar-refractivity contribution in [2.45, 2.75) is 20.4 Å². The quantitative estimate of drug-likeness (QED) is 0.734. The van der Waals surface area contributed by atoms with Crippen LogP contribution < -0.4 is 0 Å². The molecule has 4 nitrogen and oxygen atoms in total. The number of imidazole rings is 1. The van der Waals surface area contributed by atoms with Gasteiger partial charge in [0.25, 0.3) is 0 Å². The zero-order chi connectivity index (χ0) is 11.5. The van der Waals surface area contributed by atoms with Crippen molar-refractivity contribution in [3.63, 3.8) is 0 Å². The van der Waals surface area contributed by atoms with E-state index >= 15 is 0 Å². The average molecular weight is 215 g/mol. The zero-order valence-electron chi connectivity index (χ0n) is 9.34. The molecule has 82 valence electrons. The summed E-state index contributed by atoms with van der Waals surface area (Å²) in [6.07, 6.45) is 6.74. The first-order valence-electron chi connectivity index (χ1n) is 5.20. The van der Waals surface area contributed by atoms with Crippen molar-refractivity contribution in [1.82, 2.24) is 14.5 Å². The van der Waals surface area contributed by atoms with Crippen molar-refractivity contribution in [3.8, 4) is 0 Å². The molecule has 0 atom stereocenters. The van der Waals surface area contributed by atoms with Gasteiger partial charge >= 0.3 is 0 Å². The van der Waals surface area contributed by atoms with Crippen LogP contribution in [-0.2, 0) is 6.54 Å².